The van der Waals surface area contributed by atoms with Gasteiger partial charge in [-0.15, -0.1) is 11.6 Å². The molecule has 1 aromatic heterocycles. The Balaban J connectivity index is 1.99. The number of rotatable bonds is 3. The van der Waals surface area contributed by atoms with Crippen LogP contribution in [0.4, 0.5) is 5.95 Å². The van der Waals surface area contributed by atoms with Crippen LogP contribution in [0.3, 0.4) is 0 Å². The van der Waals surface area contributed by atoms with Gasteiger partial charge in [0.1, 0.15) is 0 Å². The fourth-order valence-corrected chi connectivity index (χ4v) is 2.34. The summed E-state index contributed by atoms with van der Waals surface area (Å²) in [4.78, 5) is 13.5. The van der Waals surface area contributed by atoms with Crippen molar-refractivity contribution in [3.63, 3.8) is 0 Å². The maximum absolute atomic E-state index is 5.78. The van der Waals surface area contributed by atoms with Crippen LogP contribution in [0, 0.1) is 6.92 Å². The maximum atomic E-state index is 5.78. The quantitative estimate of drug-likeness (QED) is 0.766. The minimum absolute atomic E-state index is 0.709. The molecular formula is C12H19ClN4. The van der Waals surface area contributed by atoms with Gasteiger partial charge in [-0.25, -0.2) is 9.97 Å². The summed E-state index contributed by atoms with van der Waals surface area (Å²) in [5, 5.41) is 0. The van der Waals surface area contributed by atoms with E-state index in [0.29, 0.717) is 5.88 Å². The Kier molecular flexibility index (Phi) is 4.57. The van der Waals surface area contributed by atoms with Crippen molar-refractivity contribution in [2.24, 2.45) is 0 Å². The number of anilines is 1. The lowest BCUT2D eigenvalue weighted by atomic mass is 10.4. The highest BCUT2D eigenvalue weighted by molar-refractivity contribution is 6.18. The van der Waals surface area contributed by atoms with E-state index in [2.05, 4.69) is 19.8 Å². The Morgan fingerprint density at radius 1 is 1.29 bits per heavy atom. The van der Waals surface area contributed by atoms with Gasteiger partial charge in [0.25, 0.3) is 0 Å². The van der Waals surface area contributed by atoms with Gasteiger partial charge in [-0.05, 0) is 26.0 Å². The number of hydrogen-bond donors (Lipinski definition) is 0. The summed E-state index contributed by atoms with van der Waals surface area (Å²) in [5.74, 6) is 1.57. The summed E-state index contributed by atoms with van der Waals surface area (Å²) in [5.41, 5.74) is 1.02. The van der Waals surface area contributed by atoms with Crippen LogP contribution >= 0.6 is 11.6 Å². The van der Waals surface area contributed by atoms with Crippen molar-refractivity contribution >= 4 is 17.5 Å². The van der Waals surface area contributed by atoms with Gasteiger partial charge in [-0.2, -0.15) is 0 Å². The van der Waals surface area contributed by atoms with Gasteiger partial charge >= 0.3 is 0 Å². The van der Waals surface area contributed by atoms with Gasteiger partial charge in [-0.3, -0.25) is 0 Å². The third-order valence-corrected chi connectivity index (χ3v) is 3.22. The molecule has 0 unspecified atom stereocenters. The standard InChI is InChI=1S/C12H19ClN4/c1-11-3-5-14-12(15-11)17-7-2-6-16(8-4-13)9-10-17/h3,5H,2,4,6-10H2,1H3. The van der Waals surface area contributed by atoms with E-state index >= 15 is 0 Å². The van der Waals surface area contributed by atoms with Crippen molar-refractivity contribution in [2.45, 2.75) is 13.3 Å². The van der Waals surface area contributed by atoms with Crippen LogP contribution in [0.15, 0.2) is 12.3 Å². The first-order chi connectivity index (χ1) is 8.29. The van der Waals surface area contributed by atoms with Crippen LogP contribution in [-0.2, 0) is 0 Å². The Morgan fingerprint density at radius 3 is 2.94 bits per heavy atom. The molecule has 0 bridgehead atoms. The molecule has 1 saturated heterocycles. The maximum Gasteiger partial charge on any atom is 0.225 e. The van der Waals surface area contributed by atoms with Crippen molar-refractivity contribution in [3.05, 3.63) is 18.0 Å². The lowest BCUT2D eigenvalue weighted by Gasteiger charge is -2.21. The summed E-state index contributed by atoms with van der Waals surface area (Å²) in [7, 11) is 0. The summed E-state index contributed by atoms with van der Waals surface area (Å²) in [6, 6.07) is 1.93. The largest absolute Gasteiger partial charge is 0.339 e. The van der Waals surface area contributed by atoms with Gasteiger partial charge in [-0.1, -0.05) is 0 Å². The predicted molar refractivity (Wildman–Crippen MR) is 70.8 cm³/mol. The Hall–Kier alpha value is -0.870. The zero-order chi connectivity index (χ0) is 12.1. The molecule has 2 heterocycles. The van der Waals surface area contributed by atoms with Crippen molar-refractivity contribution in [1.29, 1.82) is 0 Å². The normalized spacial score (nSPS) is 18.1. The fraction of sp³-hybridized carbons (Fsp3) is 0.667. The van der Waals surface area contributed by atoms with E-state index in [9.17, 15) is 0 Å². The van der Waals surface area contributed by atoms with Gasteiger partial charge in [0.2, 0.25) is 5.95 Å². The molecule has 0 aromatic carbocycles. The summed E-state index contributed by atoms with van der Waals surface area (Å²) < 4.78 is 0. The molecule has 4 nitrogen and oxygen atoms in total. The van der Waals surface area contributed by atoms with Crippen molar-refractivity contribution in [3.8, 4) is 0 Å². The summed E-state index contributed by atoms with van der Waals surface area (Å²) in [6.45, 7) is 7.16. The van der Waals surface area contributed by atoms with Gasteiger partial charge in [0.15, 0.2) is 0 Å². The molecule has 94 valence electrons. The molecule has 2 rings (SSSR count). The molecule has 1 aromatic rings. The Bertz CT molecular complexity index is 358. The Labute approximate surface area is 108 Å². The average molecular weight is 255 g/mol. The molecule has 5 heteroatoms. The molecule has 0 saturated carbocycles. The van der Waals surface area contributed by atoms with Crippen LogP contribution in [0.2, 0.25) is 0 Å². The van der Waals surface area contributed by atoms with Crippen LogP contribution < -0.4 is 4.90 Å². The average Bonchev–Trinajstić information content (AvgIpc) is 2.55. The minimum atomic E-state index is 0.709. The molecule has 1 aliphatic rings. The summed E-state index contributed by atoms with van der Waals surface area (Å²) >= 11 is 5.78. The van der Waals surface area contributed by atoms with E-state index < -0.39 is 0 Å². The zero-order valence-corrected chi connectivity index (χ0v) is 11.0. The van der Waals surface area contributed by atoms with E-state index in [0.717, 1.165) is 50.8 Å². The van der Waals surface area contributed by atoms with E-state index in [-0.39, 0.29) is 0 Å². The van der Waals surface area contributed by atoms with Crippen LogP contribution in [0.5, 0.6) is 0 Å². The van der Waals surface area contributed by atoms with E-state index in [1.165, 1.54) is 0 Å². The number of aryl methyl sites for hydroxylation is 1. The predicted octanol–water partition coefficient (Wildman–Crippen LogP) is 1.54. The third-order valence-electron chi connectivity index (χ3n) is 3.05. The summed E-state index contributed by atoms with van der Waals surface area (Å²) in [6.07, 6.45) is 2.98. The van der Waals surface area contributed by atoms with Crippen LogP contribution in [-0.4, -0.2) is 53.5 Å². The Morgan fingerprint density at radius 2 is 2.18 bits per heavy atom. The molecule has 1 fully saturated rings. The van der Waals surface area contributed by atoms with Gasteiger partial charge < -0.3 is 9.80 Å². The molecule has 0 atom stereocenters. The highest BCUT2D eigenvalue weighted by Gasteiger charge is 2.16. The first-order valence-corrected chi connectivity index (χ1v) is 6.66. The molecule has 0 radical (unpaired) electrons. The number of hydrogen-bond acceptors (Lipinski definition) is 4. The SMILES string of the molecule is Cc1ccnc(N2CCCN(CCCl)CC2)n1. The minimum Gasteiger partial charge on any atom is -0.339 e. The van der Waals surface area contributed by atoms with Crippen molar-refractivity contribution in [2.75, 3.05) is 43.5 Å². The van der Waals surface area contributed by atoms with Crippen LogP contribution in [0.1, 0.15) is 12.1 Å². The lowest BCUT2D eigenvalue weighted by Crippen LogP contribution is -2.32. The molecule has 1 aliphatic heterocycles. The van der Waals surface area contributed by atoms with Crippen molar-refractivity contribution < 1.29 is 0 Å². The topological polar surface area (TPSA) is 32.3 Å². The molecular weight excluding hydrogens is 236 g/mol. The van der Waals surface area contributed by atoms with E-state index in [1.54, 1.807) is 0 Å². The number of halogens is 1. The van der Waals surface area contributed by atoms with E-state index in [4.69, 9.17) is 11.6 Å². The van der Waals surface area contributed by atoms with Crippen molar-refractivity contribution in [1.82, 2.24) is 14.9 Å². The lowest BCUT2D eigenvalue weighted by molar-refractivity contribution is 0.311. The van der Waals surface area contributed by atoms with Gasteiger partial charge in [0.05, 0.1) is 0 Å². The van der Waals surface area contributed by atoms with Crippen LogP contribution in [0.25, 0.3) is 0 Å². The molecule has 0 aliphatic carbocycles. The molecule has 0 amide bonds. The van der Waals surface area contributed by atoms with Gasteiger partial charge in [0, 0.05) is 43.9 Å². The zero-order valence-electron chi connectivity index (χ0n) is 10.3. The fourth-order valence-electron chi connectivity index (χ4n) is 2.10. The second-order valence-electron chi connectivity index (χ2n) is 4.37. The second-order valence-corrected chi connectivity index (χ2v) is 4.75. The number of aromatic nitrogens is 2. The molecule has 0 spiro atoms. The first kappa shape index (κ1) is 12.6. The number of alkyl halides is 1. The first-order valence-electron chi connectivity index (χ1n) is 6.12. The smallest absolute Gasteiger partial charge is 0.225 e. The van der Waals surface area contributed by atoms with E-state index in [1.807, 2.05) is 19.2 Å². The highest BCUT2D eigenvalue weighted by Crippen LogP contribution is 2.11. The third kappa shape index (κ3) is 3.54. The number of nitrogens with zero attached hydrogens (tertiary/aromatic N) is 4. The monoisotopic (exact) mass is 254 g/mol. The molecule has 0 N–H and O–H groups in total. The highest BCUT2D eigenvalue weighted by atomic mass is 35.5. The second kappa shape index (κ2) is 6.17. The molecule has 17 heavy (non-hydrogen) atoms.